The van der Waals surface area contributed by atoms with Gasteiger partial charge in [-0.05, 0) is 48.9 Å². The Morgan fingerprint density at radius 2 is 1.67 bits per heavy atom. The molecular formula is C28H23N3O5. The average Bonchev–Trinajstić information content (AvgIpc) is 2.91. The number of carbonyl (C=O) groups is 1. The van der Waals surface area contributed by atoms with Crippen LogP contribution in [0.25, 0.3) is 21.9 Å². The zero-order valence-corrected chi connectivity index (χ0v) is 19.7. The summed E-state index contributed by atoms with van der Waals surface area (Å²) in [4.78, 5) is 39.5. The van der Waals surface area contributed by atoms with Crippen molar-refractivity contribution in [2.75, 3.05) is 7.11 Å². The molecule has 0 aromatic heterocycles. The molecule has 8 nitrogen and oxygen atoms in total. The number of amides is 1. The van der Waals surface area contributed by atoms with Crippen LogP contribution >= 0.6 is 0 Å². The predicted molar refractivity (Wildman–Crippen MR) is 138 cm³/mol. The van der Waals surface area contributed by atoms with Crippen molar-refractivity contribution < 1.29 is 13.9 Å². The van der Waals surface area contributed by atoms with Crippen LogP contribution < -0.4 is 21.0 Å². The molecular weight excluding hydrogens is 458 g/mol. The highest BCUT2D eigenvalue weighted by molar-refractivity contribution is 5.84. The number of rotatable bonds is 6. The van der Waals surface area contributed by atoms with Crippen molar-refractivity contribution in [1.29, 1.82) is 0 Å². The van der Waals surface area contributed by atoms with Gasteiger partial charge in [0.2, 0.25) is 22.2 Å². The third-order valence-electron chi connectivity index (χ3n) is 6.07. The quantitative estimate of drug-likeness (QED) is 0.292. The third-order valence-corrected chi connectivity index (χ3v) is 6.07. The minimum absolute atomic E-state index is 0.0220. The molecule has 1 unspecified atom stereocenters. The molecule has 1 amide bonds. The van der Waals surface area contributed by atoms with E-state index in [1.54, 1.807) is 66.3 Å². The number of fused-ring (bicyclic) bond motifs is 2. The summed E-state index contributed by atoms with van der Waals surface area (Å²) in [5.74, 6) is 0.385. The molecule has 0 bridgehead atoms. The second-order valence-corrected chi connectivity index (χ2v) is 8.44. The van der Waals surface area contributed by atoms with Crippen molar-refractivity contribution in [2.45, 2.75) is 19.4 Å². The van der Waals surface area contributed by atoms with Crippen LogP contribution in [0.3, 0.4) is 0 Å². The first-order valence-corrected chi connectivity index (χ1v) is 11.4. The maximum atomic E-state index is 13.5. The lowest BCUT2D eigenvalue weighted by Gasteiger charge is -2.19. The molecule has 0 spiro atoms. The Balaban J connectivity index is 1.54. The minimum atomic E-state index is -0.474. The van der Waals surface area contributed by atoms with E-state index in [2.05, 4.69) is 10.5 Å². The standard InChI is InChI=1S/C28H23N3O5/c1-17(15-24(32)30-29-16-18-11-13-19(35-2)14-12-18)31-22-9-5-6-10-23(22)36-28-25(31)26(33)20-7-3-4-8-21(20)27(28)34/h3-14,16-17H,15H2,1-2H3,(H,30,32). The normalized spacial score (nSPS) is 12.4. The smallest absolute Gasteiger partial charge is 0.242 e. The lowest BCUT2D eigenvalue weighted by molar-refractivity contribution is -0.121. The second kappa shape index (κ2) is 9.50. The molecule has 0 radical (unpaired) electrons. The van der Waals surface area contributed by atoms with Crippen molar-refractivity contribution in [3.8, 4) is 5.75 Å². The van der Waals surface area contributed by atoms with E-state index in [1.165, 1.54) is 6.21 Å². The first-order chi connectivity index (χ1) is 17.5. The fourth-order valence-electron chi connectivity index (χ4n) is 4.36. The Morgan fingerprint density at radius 1 is 1.00 bits per heavy atom. The monoisotopic (exact) mass is 481 g/mol. The number of benzene rings is 3. The first-order valence-electron chi connectivity index (χ1n) is 11.4. The van der Waals surface area contributed by atoms with Crippen molar-refractivity contribution in [3.63, 3.8) is 0 Å². The zero-order chi connectivity index (χ0) is 25.2. The van der Waals surface area contributed by atoms with Crippen molar-refractivity contribution >= 4 is 34.0 Å². The van der Waals surface area contributed by atoms with E-state index in [-0.39, 0.29) is 34.0 Å². The number of nitrogens with zero attached hydrogens (tertiary/aromatic N) is 2. The zero-order valence-electron chi connectivity index (χ0n) is 19.7. The van der Waals surface area contributed by atoms with Gasteiger partial charge in [-0.1, -0.05) is 36.4 Å². The number of hydrogen-bond donors (Lipinski definition) is 1. The van der Waals surface area contributed by atoms with Crippen LogP contribution in [0, 0.1) is 10.8 Å². The van der Waals surface area contributed by atoms with Gasteiger partial charge in [0.1, 0.15) is 11.1 Å². The molecule has 0 fully saturated rings. The number of methoxy groups -OCH3 is 1. The van der Waals surface area contributed by atoms with Crippen LogP contribution in [0.4, 0.5) is 0 Å². The molecule has 1 aliphatic carbocycles. The SMILES string of the molecule is COc1ccc(C=NNC(=O)CC(C)n2c3c(=O)c4ccccc4c(=O)c=3oc3ccccc32)cc1. The largest absolute Gasteiger partial charge is 0.497 e. The van der Waals surface area contributed by atoms with Crippen molar-refractivity contribution in [1.82, 2.24) is 9.99 Å². The summed E-state index contributed by atoms with van der Waals surface area (Å²) in [6.07, 6.45) is 1.56. The topological polar surface area (TPSA) is 103 Å². The molecule has 180 valence electrons. The van der Waals surface area contributed by atoms with Crippen LogP contribution in [0.15, 0.2) is 91.9 Å². The van der Waals surface area contributed by atoms with Crippen LogP contribution in [-0.4, -0.2) is 23.8 Å². The van der Waals surface area contributed by atoms with Gasteiger partial charge in [0.25, 0.3) is 0 Å². The van der Waals surface area contributed by atoms with E-state index in [4.69, 9.17) is 9.15 Å². The molecule has 36 heavy (non-hydrogen) atoms. The molecule has 3 aromatic carbocycles. The van der Waals surface area contributed by atoms with Gasteiger partial charge in [-0.3, -0.25) is 14.4 Å². The second-order valence-electron chi connectivity index (χ2n) is 8.44. The number of carbonyl (C=O) groups excluding carboxylic acids is 1. The molecule has 8 heteroatoms. The van der Waals surface area contributed by atoms with E-state index >= 15 is 0 Å². The minimum Gasteiger partial charge on any atom is -0.497 e. The van der Waals surface area contributed by atoms with Gasteiger partial charge in [0.05, 0.1) is 18.8 Å². The summed E-state index contributed by atoms with van der Waals surface area (Å²) in [7, 11) is 1.59. The summed E-state index contributed by atoms with van der Waals surface area (Å²) in [6.45, 7) is 1.82. The lowest BCUT2D eigenvalue weighted by Crippen LogP contribution is -2.26. The Morgan fingerprint density at radius 3 is 2.39 bits per heavy atom. The van der Waals surface area contributed by atoms with Crippen LogP contribution in [-0.2, 0) is 4.79 Å². The van der Waals surface area contributed by atoms with Crippen molar-refractivity contribution in [2.24, 2.45) is 5.10 Å². The molecule has 5 rings (SSSR count). The van der Waals surface area contributed by atoms with Gasteiger partial charge in [0.15, 0.2) is 5.58 Å². The van der Waals surface area contributed by atoms with E-state index in [9.17, 15) is 14.4 Å². The van der Waals surface area contributed by atoms with Crippen LogP contribution in [0.2, 0.25) is 0 Å². The highest BCUT2D eigenvalue weighted by Gasteiger charge is 2.19. The molecule has 0 saturated carbocycles. The van der Waals surface area contributed by atoms with Gasteiger partial charge in [-0.25, -0.2) is 5.43 Å². The maximum absolute atomic E-state index is 13.5. The fraction of sp³-hybridized carbons (Fsp3) is 0.143. The van der Waals surface area contributed by atoms with Gasteiger partial charge < -0.3 is 13.7 Å². The summed E-state index contributed by atoms with van der Waals surface area (Å²) >= 11 is 0. The third kappa shape index (κ3) is 4.13. The highest BCUT2D eigenvalue weighted by Crippen LogP contribution is 2.22. The molecule has 1 aliphatic heterocycles. The Labute approximate surface area is 205 Å². The number of hydrogen-bond acceptors (Lipinski definition) is 6. The van der Waals surface area contributed by atoms with E-state index < -0.39 is 6.04 Å². The van der Waals surface area contributed by atoms with E-state index in [0.717, 1.165) is 11.3 Å². The number of aromatic nitrogens is 1. The number of para-hydroxylation sites is 2. The van der Waals surface area contributed by atoms with Gasteiger partial charge in [-0.2, -0.15) is 5.10 Å². The molecule has 1 N–H and O–H groups in total. The summed E-state index contributed by atoms with van der Waals surface area (Å²) in [5, 5.41) is 4.79. The molecule has 0 saturated heterocycles. The van der Waals surface area contributed by atoms with E-state index in [1.807, 2.05) is 25.1 Å². The van der Waals surface area contributed by atoms with Crippen LogP contribution in [0.1, 0.15) is 24.9 Å². The van der Waals surface area contributed by atoms with Gasteiger partial charge in [0, 0.05) is 23.2 Å². The van der Waals surface area contributed by atoms with Crippen LogP contribution in [0.5, 0.6) is 5.75 Å². The summed E-state index contributed by atoms with van der Waals surface area (Å²) in [5.41, 5.74) is 3.68. The molecule has 3 aromatic rings. The number of nitrogens with one attached hydrogen (secondary N) is 1. The lowest BCUT2D eigenvalue weighted by atomic mass is 10.1. The van der Waals surface area contributed by atoms with Gasteiger partial charge >= 0.3 is 0 Å². The fourth-order valence-corrected chi connectivity index (χ4v) is 4.36. The predicted octanol–water partition coefficient (Wildman–Crippen LogP) is 3.94. The average molecular weight is 482 g/mol. The first kappa shape index (κ1) is 23.0. The molecule has 2 aliphatic rings. The Hall–Kier alpha value is -4.72. The Kier molecular flexibility index (Phi) is 6.08. The Bertz CT molecular complexity index is 1800. The highest BCUT2D eigenvalue weighted by atomic mass is 16.5. The van der Waals surface area contributed by atoms with E-state index in [0.29, 0.717) is 21.9 Å². The summed E-state index contributed by atoms with van der Waals surface area (Å²) < 4.78 is 12.8. The molecule has 1 heterocycles. The maximum Gasteiger partial charge on any atom is 0.242 e. The molecule has 1 atom stereocenters. The van der Waals surface area contributed by atoms with Gasteiger partial charge in [-0.15, -0.1) is 0 Å². The number of ether oxygens (including phenoxy) is 1. The van der Waals surface area contributed by atoms with Crippen molar-refractivity contribution in [3.05, 3.63) is 110 Å². The summed E-state index contributed by atoms with van der Waals surface area (Å²) in [6, 6.07) is 20.6. The number of hydrazone groups is 1.